The molecule has 0 spiro atoms. The SMILES string of the molecule is CC(F)(I)C(=O)OCC1CCCO1. The molecule has 0 aliphatic carbocycles. The maximum absolute atomic E-state index is 12.9. The Kier molecular flexibility index (Phi) is 3.90. The number of halogens is 2. The molecule has 5 heteroatoms. The first-order chi connectivity index (χ1) is 6.00. The molecule has 13 heavy (non-hydrogen) atoms. The van der Waals surface area contributed by atoms with Crippen LogP contribution in [-0.2, 0) is 14.3 Å². The van der Waals surface area contributed by atoms with Crippen molar-refractivity contribution in [2.75, 3.05) is 13.2 Å². The summed E-state index contributed by atoms with van der Waals surface area (Å²) in [4.78, 5) is 11.0. The Morgan fingerprint density at radius 2 is 2.54 bits per heavy atom. The van der Waals surface area contributed by atoms with Crippen LogP contribution >= 0.6 is 22.6 Å². The highest BCUT2D eigenvalue weighted by Crippen LogP contribution is 2.22. The zero-order valence-electron chi connectivity index (χ0n) is 7.39. The van der Waals surface area contributed by atoms with Gasteiger partial charge in [-0.3, -0.25) is 0 Å². The number of carbonyl (C=O) groups excluding carboxylic acids is 1. The van der Waals surface area contributed by atoms with Gasteiger partial charge in [0.2, 0.25) is 0 Å². The van der Waals surface area contributed by atoms with Gasteiger partial charge in [0.15, 0.2) is 0 Å². The van der Waals surface area contributed by atoms with Crippen molar-refractivity contribution in [1.82, 2.24) is 0 Å². The van der Waals surface area contributed by atoms with Crippen molar-refractivity contribution < 1.29 is 18.7 Å². The summed E-state index contributed by atoms with van der Waals surface area (Å²) in [5.74, 6) is -0.830. The predicted molar refractivity (Wildman–Crippen MR) is 53.5 cm³/mol. The van der Waals surface area contributed by atoms with Crippen molar-refractivity contribution in [3.63, 3.8) is 0 Å². The number of hydrogen-bond donors (Lipinski definition) is 0. The zero-order valence-corrected chi connectivity index (χ0v) is 9.54. The molecule has 0 aromatic rings. The zero-order chi connectivity index (χ0) is 9.90. The molecule has 1 aliphatic rings. The molecule has 0 radical (unpaired) electrons. The first-order valence-electron chi connectivity index (χ1n) is 4.17. The minimum Gasteiger partial charge on any atom is -0.460 e. The molecule has 0 bridgehead atoms. The highest BCUT2D eigenvalue weighted by Gasteiger charge is 2.31. The van der Waals surface area contributed by atoms with Gasteiger partial charge >= 0.3 is 5.97 Å². The van der Waals surface area contributed by atoms with Crippen LogP contribution in [0.2, 0.25) is 0 Å². The molecule has 2 unspecified atom stereocenters. The van der Waals surface area contributed by atoms with Crippen molar-refractivity contribution in [3.05, 3.63) is 0 Å². The number of hydrogen-bond acceptors (Lipinski definition) is 3. The molecule has 0 aromatic heterocycles. The second-order valence-corrected chi connectivity index (χ2v) is 5.15. The molecule has 0 amide bonds. The third-order valence-electron chi connectivity index (χ3n) is 1.78. The molecule has 76 valence electrons. The highest BCUT2D eigenvalue weighted by molar-refractivity contribution is 14.1. The van der Waals surface area contributed by atoms with Crippen LogP contribution in [-0.4, -0.2) is 29.0 Å². The fourth-order valence-electron chi connectivity index (χ4n) is 1.07. The molecule has 0 saturated carbocycles. The first kappa shape index (κ1) is 11.2. The van der Waals surface area contributed by atoms with Crippen LogP contribution in [0.1, 0.15) is 19.8 Å². The molecule has 1 rings (SSSR count). The normalized spacial score (nSPS) is 26.8. The predicted octanol–water partition coefficient (Wildman–Crippen LogP) is 1.83. The molecule has 2 atom stereocenters. The second-order valence-electron chi connectivity index (χ2n) is 3.12. The van der Waals surface area contributed by atoms with Crippen LogP contribution < -0.4 is 0 Å². The summed E-state index contributed by atoms with van der Waals surface area (Å²) in [7, 11) is 0. The van der Waals surface area contributed by atoms with E-state index < -0.39 is 9.64 Å². The Balaban J connectivity index is 2.22. The summed E-state index contributed by atoms with van der Waals surface area (Å²) in [6, 6.07) is 0. The smallest absolute Gasteiger partial charge is 0.354 e. The molecule has 3 nitrogen and oxygen atoms in total. The fourth-order valence-corrected chi connectivity index (χ4v) is 1.23. The lowest BCUT2D eigenvalue weighted by Gasteiger charge is -2.14. The second kappa shape index (κ2) is 4.54. The van der Waals surface area contributed by atoms with E-state index >= 15 is 0 Å². The fraction of sp³-hybridized carbons (Fsp3) is 0.875. The quantitative estimate of drug-likeness (QED) is 0.453. The number of esters is 1. The maximum Gasteiger partial charge on any atom is 0.354 e. The van der Waals surface area contributed by atoms with Crippen molar-refractivity contribution in [3.8, 4) is 0 Å². The highest BCUT2D eigenvalue weighted by atomic mass is 127. The minimum atomic E-state index is -1.93. The average molecular weight is 302 g/mol. The van der Waals surface area contributed by atoms with Gasteiger partial charge in [0.25, 0.3) is 3.68 Å². The molecule has 1 saturated heterocycles. The van der Waals surface area contributed by atoms with Gasteiger partial charge in [0, 0.05) is 6.61 Å². The van der Waals surface area contributed by atoms with Crippen LogP contribution in [0.25, 0.3) is 0 Å². The topological polar surface area (TPSA) is 35.5 Å². The Hall–Kier alpha value is 0.0900. The van der Waals surface area contributed by atoms with E-state index in [1.54, 1.807) is 0 Å². The Morgan fingerprint density at radius 3 is 3.00 bits per heavy atom. The average Bonchev–Trinajstić information content (AvgIpc) is 2.50. The van der Waals surface area contributed by atoms with Gasteiger partial charge in [-0.25, -0.2) is 9.18 Å². The summed E-state index contributed by atoms with van der Waals surface area (Å²) >= 11 is 1.41. The summed E-state index contributed by atoms with van der Waals surface area (Å²) in [6.07, 6.45) is 1.83. The lowest BCUT2D eigenvalue weighted by atomic mass is 10.2. The Bertz CT molecular complexity index is 184. The van der Waals surface area contributed by atoms with E-state index in [1.807, 2.05) is 0 Å². The summed E-state index contributed by atoms with van der Waals surface area (Å²) < 4.78 is 21.0. The lowest BCUT2D eigenvalue weighted by Crippen LogP contribution is -2.28. The van der Waals surface area contributed by atoms with Gasteiger partial charge in [-0.2, -0.15) is 0 Å². The van der Waals surface area contributed by atoms with E-state index in [9.17, 15) is 9.18 Å². The van der Waals surface area contributed by atoms with Gasteiger partial charge in [0.1, 0.15) is 6.61 Å². The lowest BCUT2D eigenvalue weighted by molar-refractivity contribution is -0.153. The van der Waals surface area contributed by atoms with E-state index in [0.29, 0.717) is 6.61 Å². The van der Waals surface area contributed by atoms with Crippen LogP contribution in [0.15, 0.2) is 0 Å². The molecular weight excluding hydrogens is 290 g/mol. The number of rotatable bonds is 3. The molecule has 0 aromatic carbocycles. The van der Waals surface area contributed by atoms with E-state index in [-0.39, 0.29) is 12.7 Å². The molecule has 1 fully saturated rings. The molecule has 1 aliphatic heterocycles. The maximum atomic E-state index is 12.9. The van der Waals surface area contributed by atoms with E-state index in [0.717, 1.165) is 12.8 Å². The van der Waals surface area contributed by atoms with Gasteiger partial charge in [-0.1, -0.05) is 0 Å². The van der Waals surface area contributed by atoms with Crippen LogP contribution in [0.3, 0.4) is 0 Å². The van der Waals surface area contributed by atoms with Crippen LogP contribution in [0.5, 0.6) is 0 Å². The van der Waals surface area contributed by atoms with Gasteiger partial charge < -0.3 is 9.47 Å². The van der Waals surface area contributed by atoms with Gasteiger partial charge in [-0.15, -0.1) is 0 Å². The van der Waals surface area contributed by atoms with Crippen LogP contribution in [0.4, 0.5) is 4.39 Å². The van der Waals surface area contributed by atoms with Gasteiger partial charge in [0.05, 0.1) is 6.10 Å². The first-order valence-corrected chi connectivity index (χ1v) is 5.24. The third kappa shape index (κ3) is 3.76. The summed E-state index contributed by atoms with van der Waals surface area (Å²) in [5, 5.41) is 0. The van der Waals surface area contributed by atoms with Crippen molar-refractivity contribution in [1.29, 1.82) is 0 Å². The van der Waals surface area contributed by atoms with Crippen molar-refractivity contribution >= 4 is 28.6 Å². The molecule has 1 heterocycles. The summed E-state index contributed by atoms with van der Waals surface area (Å²) in [6.45, 7) is 2.05. The van der Waals surface area contributed by atoms with E-state index in [2.05, 4.69) is 0 Å². The van der Waals surface area contributed by atoms with E-state index in [4.69, 9.17) is 9.47 Å². The largest absolute Gasteiger partial charge is 0.460 e. The molecular formula is C8H12FIO3. The van der Waals surface area contributed by atoms with Crippen molar-refractivity contribution in [2.45, 2.75) is 29.5 Å². The molecule has 0 N–H and O–H groups in total. The Morgan fingerprint density at radius 1 is 1.85 bits per heavy atom. The minimum absolute atomic E-state index is 0.0392. The third-order valence-corrected chi connectivity index (χ3v) is 2.22. The van der Waals surface area contributed by atoms with Crippen LogP contribution in [0, 0.1) is 0 Å². The number of ether oxygens (including phenoxy) is 2. The van der Waals surface area contributed by atoms with Gasteiger partial charge in [-0.05, 0) is 42.4 Å². The van der Waals surface area contributed by atoms with Crippen molar-refractivity contribution in [2.24, 2.45) is 0 Å². The summed E-state index contributed by atoms with van der Waals surface area (Å²) in [5.41, 5.74) is 0. The number of alkyl halides is 2. The monoisotopic (exact) mass is 302 g/mol. The standard InChI is InChI=1S/C8H12FIO3/c1-8(9,10)7(11)13-5-6-3-2-4-12-6/h6H,2-5H2,1H3. The number of carbonyl (C=O) groups is 1. The van der Waals surface area contributed by atoms with E-state index in [1.165, 1.54) is 29.5 Å². The Labute approximate surface area is 90.1 Å².